The molecule has 1 aliphatic rings. The summed E-state index contributed by atoms with van der Waals surface area (Å²) in [7, 11) is 0. The van der Waals surface area contributed by atoms with Crippen LogP contribution in [0.5, 0.6) is 0 Å². The maximum absolute atomic E-state index is 12.0. The van der Waals surface area contributed by atoms with Crippen LogP contribution in [0.15, 0.2) is 22.7 Å². The fourth-order valence-corrected chi connectivity index (χ4v) is 2.81. The van der Waals surface area contributed by atoms with Gasteiger partial charge in [-0.1, -0.05) is 15.9 Å². The molecule has 0 aliphatic carbocycles. The van der Waals surface area contributed by atoms with Crippen molar-refractivity contribution in [3.05, 3.63) is 28.2 Å². The maximum Gasteiger partial charge on any atom is 0.238 e. The van der Waals surface area contributed by atoms with E-state index in [0.717, 1.165) is 35.1 Å². The van der Waals surface area contributed by atoms with Gasteiger partial charge in [-0.3, -0.25) is 9.69 Å². The Morgan fingerprint density at radius 2 is 2.37 bits per heavy atom. The summed E-state index contributed by atoms with van der Waals surface area (Å²) in [5.41, 5.74) is 1.87. The van der Waals surface area contributed by atoms with Crippen molar-refractivity contribution in [2.45, 2.75) is 25.9 Å². The van der Waals surface area contributed by atoms with E-state index < -0.39 is 0 Å². The molecule has 1 aromatic rings. The van der Waals surface area contributed by atoms with E-state index in [0.29, 0.717) is 13.1 Å². The molecule has 0 unspecified atom stereocenters. The zero-order valence-electron chi connectivity index (χ0n) is 11.0. The first-order chi connectivity index (χ1) is 9.04. The van der Waals surface area contributed by atoms with Crippen molar-refractivity contribution in [2.75, 3.05) is 25.0 Å². The summed E-state index contributed by atoms with van der Waals surface area (Å²) in [4.78, 5) is 14.0. The molecule has 5 heteroatoms. The van der Waals surface area contributed by atoms with Crippen molar-refractivity contribution >= 4 is 27.5 Å². The van der Waals surface area contributed by atoms with Crippen LogP contribution in [0.3, 0.4) is 0 Å². The number of aryl methyl sites for hydroxylation is 1. The Morgan fingerprint density at radius 1 is 1.58 bits per heavy atom. The Hall–Kier alpha value is -0.910. The molecule has 0 aromatic heterocycles. The van der Waals surface area contributed by atoms with Crippen molar-refractivity contribution in [1.82, 2.24) is 4.90 Å². The minimum absolute atomic E-state index is 0.0282. The number of rotatable bonds is 3. The Bertz CT molecular complexity index is 465. The van der Waals surface area contributed by atoms with Gasteiger partial charge in [-0.05, 0) is 50.1 Å². The number of carbonyl (C=O) groups excluding carboxylic acids is 1. The van der Waals surface area contributed by atoms with Crippen molar-refractivity contribution < 1.29 is 9.90 Å². The van der Waals surface area contributed by atoms with E-state index in [1.54, 1.807) is 0 Å². The number of carbonyl (C=O) groups is 1. The number of nitrogens with zero attached hydrogens (tertiary/aromatic N) is 1. The molecule has 1 aromatic carbocycles. The fraction of sp³-hybridized carbons (Fsp3) is 0.500. The molecule has 2 N–H and O–H groups in total. The van der Waals surface area contributed by atoms with Crippen molar-refractivity contribution in [3.63, 3.8) is 0 Å². The van der Waals surface area contributed by atoms with Crippen LogP contribution in [0, 0.1) is 6.92 Å². The van der Waals surface area contributed by atoms with Crippen molar-refractivity contribution in [3.8, 4) is 0 Å². The largest absolute Gasteiger partial charge is 0.392 e. The summed E-state index contributed by atoms with van der Waals surface area (Å²) in [5.74, 6) is -0.0282. The van der Waals surface area contributed by atoms with E-state index in [2.05, 4.69) is 21.2 Å². The SMILES string of the molecule is Cc1cc(Br)ccc1NC(=O)CN1CCC[C@H](O)C1. The third-order valence-corrected chi connectivity index (χ3v) is 3.80. The molecule has 0 spiro atoms. The van der Waals surface area contributed by atoms with Gasteiger partial charge in [0.2, 0.25) is 5.91 Å². The van der Waals surface area contributed by atoms with Gasteiger partial charge in [0.15, 0.2) is 0 Å². The lowest BCUT2D eigenvalue weighted by molar-refractivity contribution is -0.118. The molecule has 104 valence electrons. The highest BCUT2D eigenvalue weighted by Gasteiger charge is 2.19. The van der Waals surface area contributed by atoms with Gasteiger partial charge >= 0.3 is 0 Å². The minimum Gasteiger partial charge on any atom is -0.392 e. The normalized spacial score (nSPS) is 20.3. The quantitative estimate of drug-likeness (QED) is 0.894. The Kier molecular flexibility index (Phi) is 4.96. The molecule has 1 heterocycles. The minimum atomic E-state index is -0.295. The smallest absolute Gasteiger partial charge is 0.238 e. The van der Waals surface area contributed by atoms with Gasteiger partial charge < -0.3 is 10.4 Å². The molecule has 0 radical (unpaired) electrons. The number of amides is 1. The van der Waals surface area contributed by atoms with E-state index in [-0.39, 0.29) is 12.0 Å². The number of hydrogen-bond acceptors (Lipinski definition) is 3. The van der Waals surface area contributed by atoms with E-state index in [1.165, 1.54) is 0 Å². The van der Waals surface area contributed by atoms with E-state index in [4.69, 9.17) is 0 Å². The van der Waals surface area contributed by atoms with Crippen LogP contribution in [0.2, 0.25) is 0 Å². The number of nitrogens with one attached hydrogen (secondary N) is 1. The number of aliphatic hydroxyl groups is 1. The van der Waals surface area contributed by atoms with Gasteiger partial charge in [0.05, 0.1) is 12.6 Å². The predicted octanol–water partition coefficient (Wildman–Crippen LogP) is 2.15. The molecule has 1 atom stereocenters. The first-order valence-electron chi connectivity index (χ1n) is 6.51. The Balaban J connectivity index is 1.90. The zero-order chi connectivity index (χ0) is 13.8. The first-order valence-corrected chi connectivity index (χ1v) is 7.30. The Morgan fingerprint density at radius 3 is 3.05 bits per heavy atom. The van der Waals surface area contributed by atoms with Crippen molar-refractivity contribution in [1.29, 1.82) is 0 Å². The van der Waals surface area contributed by atoms with Gasteiger partial charge in [-0.25, -0.2) is 0 Å². The van der Waals surface area contributed by atoms with Crippen molar-refractivity contribution in [2.24, 2.45) is 0 Å². The third-order valence-electron chi connectivity index (χ3n) is 3.31. The summed E-state index contributed by atoms with van der Waals surface area (Å²) >= 11 is 3.40. The monoisotopic (exact) mass is 326 g/mol. The van der Waals surface area contributed by atoms with Gasteiger partial charge in [0.25, 0.3) is 0 Å². The van der Waals surface area contributed by atoms with Crippen LogP contribution >= 0.6 is 15.9 Å². The number of β-amino-alcohol motifs (C(OH)–C–C–N with tert-alkyl or cyclic N) is 1. The molecule has 1 fully saturated rings. The van der Waals surface area contributed by atoms with E-state index >= 15 is 0 Å². The zero-order valence-corrected chi connectivity index (χ0v) is 12.6. The number of anilines is 1. The molecule has 0 bridgehead atoms. The first kappa shape index (κ1) is 14.5. The highest BCUT2D eigenvalue weighted by molar-refractivity contribution is 9.10. The van der Waals surface area contributed by atoms with Crippen LogP contribution < -0.4 is 5.32 Å². The number of piperidine rings is 1. The molecular formula is C14H19BrN2O2. The lowest BCUT2D eigenvalue weighted by Gasteiger charge is -2.29. The number of hydrogen-bond donors (Lipinski definition) is 2. The van der Waals surface area contributed by atoms with Gasteiger partial charge in [0.1, 0.15) is 0 Å². The summed E-state index contributed by atoms with van der Waals surface area (Å²) < 4.78 is 1.00. The molecule has 2 rings (SSSR count). The lowest BCUT2D eigenvalue weighted by Crippen LogP contribution is -2.42. The molecule has 1 amide bonds. The van der Waals surface area contributed by atoms with E-state index in [9.17, 15) is 9.90 Å². The van der Waals surface area contributed by atoms with Gasteiger partial charge in [0, 0.05) is 16.7 Å². The average Bonchev–Trinajstić information content (AvgIpc) is 2.33. The number of aliphatic hydroxyl groups excluding tert-OH is 1. The summed E-state index contributed by atoms with van der Waals surface area (Å²) in [5, 5.41) is 12.5. The third kappa shape index (κ3) is 4.30. The predicted molar refractivity (Wildman–Crippen MR) is 79.2 cm³/mol. The lowest BCUT2D eigenvalue weighted by atomic mass is 10.1. The topological polar surface area (TPSA) is 52.6 Å². The van der Waals surface area contributed by atoms with Crippen LogP contribution in [-0.4, -0.2) is 41.7 Å². The molecule has 0 saturated carbocycles. The second-order valence-electron chi connectivity index (χ2n) is 5.04. The second-order valence-corrected chi connectivity index (χ2v) is 5.95. The second kappa shape index (κ2) is 6.50. The van der Waals surface area contributed by atoms with Crippen LogP contribution in [0.1, 0.15) is 18.4 Å². The van der Waals surface area contributed by atoms with E-state index in [1.807, 2.05) is 30.0 Å². The van der Waals surface area contributed by atoms with Crippen LogP contribution in [-0.2, 0) is 4.79 Å². The number of benzene rings is 1. The molecule has 1 aliphatic heterocycles. The molecule has 4 nitrogen and oxygen atoms in total. The highest BCUT2D eigenvalue weighted by atomic mass is 79.9. The number of likely N-dealkylation sites (tertiary alicyclic amines) is 1. The summed E-state index contributed by atoms with van der Waals surface area (Å²) in [6, 6.07) is 5.77. The summed E-state index contributed by atoms with van der Waals surface area (Å²) in [6.07, 6.45) is 1.49. The maximum atomic E-state index is 12.0. The van der Waals surface area contributed by atoms with Crippen LogP contribution in [0.25, 0.3) is 0 Å². The molecule has 19 heavy (non-hydrogen) atoms. The average molecular weight is 327 g/mol. The fourth-order valence-electron chi connectivity index (χ4n) is 2.33. The summed E-state index contributed by atoms with van der Waals surface area (Å²) in [6.45, 7) is 3.77. The van der Waals surface area contributed by atoms with Gasteiger partial charge in [-0.15, -0.1) is 0 Å². The number of halogens is 1. The highest BCUT2D eigenvalue weighted by Crippen LogP contribution is 2.20. The molecular weight excluding hydrogens is 308 g/mol. The standard InChI is InChI=1S/C14H19BrN2O2/c1-10-7-11(15)4-5-13(10)16-14(19)9-17-6-2-3-12(18)8-17/h4-5,7,12,18H,2-3,6,8-9H2,1H3,(H,16,19)/t12-/m0/s1. The van der Waals surface area contributed by atoms with Gasteiger partial charge in [-0.2, -0.15) is 0 Å². The Labute approximate surface area is 121 Å². The molecule has 1 saturated heterocycles. The van der Waals surface area contributed by atoms with Crippen LogP contribution in [0.4, 0.5) is 5.69 Å².